The lowest BCUT2D eigenvalue weighted by Gasteiger charge is -2.35. The van der Waals surface area contributed by atoms with Crippen molar-refractivity contribution < 1.29 is 18.0 Å². The van der Waals surface area contributed by atoms with Crippen molar-refractivity contribution in [3.63, 3.8) is 0 Å². The highest BCUT2D eigenvalue weighted by atomic mass is 19.4. The number of hydrogen-bond acceptors (Lipinski definition) is 4. The minimum atomic E-state index is -4.41. The Labute approximate surface area is 194 Å². The summed E-state index contributed by atoms with van der Waals surface area (Å²) in [5.74, 6) is 0.386. The summed E-state index contributed by atoms with van der Waals surface area (Å²) in [4.78, 5) is 25.9. The van der Waals surface area contributed by atoms with Crippen LogP contribution >= 0.6 is 0 Å². The van der Waals surface area contributed by atoms with Crippen LogP contribution in [0.1, 0.15) is 15.9 Å². The van der Waals surface area contributed by atoms with E-state index in [1.165, 1.54) is 6.07 Å². The number of halogens is 3. The number of carbonyl (C=O) groups is 1. The van der Waals surface area contributed by atoms with Crippen LogP contribution in [-0.2, 0) is 6.18 Å². The number of aromatic nitrogens is 2. The molecule has 1 aliphatic heterocycles. The lowest BCUT2D eigenvalue weighted by atomic mass is 10.0. The molecule has 0 radical (unpaired) electrons. The highest BCUT2D eigenvalue weighted by Crippen LogP contribution is 2.30. The number of nitrogens with zero attached hydrogens (tertiary/aromatic N) is 4. The lowest BCUT2D eigenvalue weighted by molar-refractivity contribution is -0.137. The summed E-state index contributed by atoms with van der Waals surface area (Å²) in [6.45, 7) is 1.86. The summed E-state index contributed by atoms with van der Waals surface area (Å²) in [5, 5.41) is 0.791. The Hall–Kier alpha value is -3.94. The Morgan fingerprint density at radius 3 is 2.24 bits per heavy atom. The number of para-hydroxylation sites is 1. The molecule has 1 aliphatic rings. The lowest BCUT2D eigenvalue weighted by Crippen LogP contribution is -2.49. The van der Waals surface area contributed by atoms with Crippen LogP contribution in [-0.4, -0.2) is 47.0 Å². The molecule has 0 saturated carbocycles. The molecule has 1 amide bonds. The van der Waals surface area contributed by atoms with Gasteiger partial charge in [0.05, 0.1) is 22.3 Å². The normalized spacial score (nSPS) is 14.4. The van der Waals surface area contributed by atoms with Crippen LogP contribution in [0.3, 0.4) is 0 Å². The molecule has 0 unspecified atom stereocenters. The van der Waals surface area contributed by atoms with Gasteiger partial charge in [0.1, 0.15) is 5.82 Å². The second-order valence-corrected chi connectivity index (χ2v) is 8.12. The molecule has 172 valence electrons. The van der Waals surface area contributed by atoms with Gasteiger partial charge in [0.15, 0.2) is 0 Å². The molecule has 5 rings (SSSR count). The molecule has 0 bridgehead atoms. The van der Waals surface area contributed by atoms with Crippen molar-refractivity contribution in [2.75, 3.05) is 31.1 Å². The maximum atomic E-state index is 13.5. The zero-order valence-electron chi connectivity index (χ0n) is 18.2. The summed E-state index contributed by atoms with van der Waals surface area (Å²) in [7, 11) is 0. The van der Waals surface area contributed by atoms with Crippen LogP contribution in [0.2, 0.25) is 0 Å². The van der Waals surface area contributed by atoms with E-state index in [1.807, 2.05) is 65.6 Å². The van der Waals surface area contributed by atoms with Gasteiger partial charge in [-0.2, -0.15) is 13.2 Å². The topological polar surface area (TPSA) is 49.3 Å². The minimum Gasteiger partial charge on any atom is -0.353 e. The molecule has 0 atom stereocenters. The Morgan fingerprint density at radius 2 is 1.56 bits per heavy atom. The Bertz CT molecular complexity index is 1320. The van der Waals surface area contributed by atoms with Crippen molar-refractivity contribution in [3.8, 4) is 11.3 Å². The van der Waals surface area contributed by atoms with Crippen LogP contribution in [0.15, 0.2) is 79.0 Å². The predicted octanol–water partition coefficient (Wildman–Crippen LogP) is 5.28. The van der Waals surface area contributed by atoms with E-state index in [0.717, 1.165) is 34.4 Å². The van der Waals surface area contributed by atoms with Gasteiger partial charge < -0.3 is 9.80 Å². The minimum absolute atomic E-state index is 0.0872. The van der Waals surface area contributed by atoms with Crippen LogP contribution in [0.4, 0.5) is 19.0 Å². The smallest absolute Gasteiger partial charge is 0.353 e. The van der Waals surface area contributed by atoms with Crippen LogP contribution in [0.5, 0.6) is 0 Å². The first-order valence-corrected chi connectivity index (χ1v) is 10.9. The number of rotatable bonds is 3. The van der Waals surface area contributed by atoms with Gasteiger partial charge in [0, 0.05) is 43.3 Å². The van der Waals surface area contributed by atoms with E-state index in [4.69, 9.17) is 4.98 Å². The molecule has 0 aliphatic carbocycles. The monoisotopic (exact) mass is 462 g/mol. The molecule has 0 N–H and O–H groups in total. The average Bonchev–Trinajstić information content (AvgIpc) is 2.88. The molecule has 2 aromatic carbocycles. The largest absolute Gasteiger partial charge is 0.417 e. The summed E-state index contributed by atoms with van der Waals surface area (Å²) in [5.41, 5.74) is 2.23. The quantitative estimate of drug-likeness (QED) is 0.416. The number of fused-ring (bicyclic) bond motifs is 1. The molecule has 34 heavy (non-hydrogen) atoms. The van der Waals surface area contributed by atoms with Crippen LogP contribution in [0.25, 0.3) is 22.2 Å². The van der Waals surface area contributed by atoms with Crippen molar-refractivity contribution in [1.29, 1.82) is 0 Å². The third-order valence-corrected chi connectivity index (χ3v) is 5.98. The zero-order valence-corrected chi connectivity index (χ0v) is 18.2. The van der Waals surface area contributed by atoms with E-state index in [1.54, 1.807) is 4.90 Å². The molecule has 4 aromatic rings. The summed E-state index contributed by atoms with van der Waals surface area (Å²) in [6.07, 6.45) is -3.57. The number of pyridine rings is 2. The predicted molar refractivity (Wildman–Crippen MR) is 125 cm³/mol. The molecule has 1 fully saturated rings. The third-order valence-electron chi connectivity index (χ3n) is 5.98. The van der Waals surface area contributed by atoms with E-state index < -0.39 is 11.7 Å². The third kappa shape index (κ3) is 4.31. The zero-order chi connectivity index (χ0) is 23.7. The molecule has 3 heterocycles. The summed E-state index contributed by atoms with van der Waals surface area (Å²) < 4.78 is 38.4. The maximum absolute atomic E-state index is 13.5. The SMILES string of the molecule is O=C(c1cc(-c2ccccc2)nc2ccccc12)N1CCN(c2ccc(C(F)(F)F)cn2)CC1. The van der Waals surface area contributed by atoms with Gasteiger partial charge in [-0.05, 0) is 24.3 Å². The second kappa shape index (κ2) is 8.78. The van der Waals surface area contributed by atoms with Crippen molar-refractivity contribution >= 4 is 22.6 Å². The van der Waals surface area contributed by atoms with Crippen LogP contribution in [0, 0.1) is 0 Å². The van der Waals surface area contributed by atoms with E-state index in [9.17, 15) is 18.0 Å². The Kier molecular flexibility index (Phi) is 5.65. The Morgan fingerprint density at radius 1 is 0.853 bits per heavy atom. The number of alkyl halides is 3. The molecule has 2 aromatic heterocycles. The van der Waals surface area contributed by atoms with Crippen molar-refractivity contribution in [2.24, 2.45) is 0 Å². The molecule has 5 nitrogen and oxygen atoms in total. The van der Waals surface area contributed by atoms with Crippen molar-refractivity contribution in [1.82, 2.24) is 14.9 Å². The first-order valence-electron chi connectivity index (χ1n) is 10.9. The van der Waals surface area contributed by atoms with E-state index in [-0.39, 0.29) is 5.91 Å². The van der Waals surface area contributed by atoms with Crippen LogP contribution < -0.4 is 4.90 Å². The fraction of sp³-hybridized carbons (Fsp3) is 0.192. The van der Waals surface area contributed by atoms with E-state index in [2.05, 4.69) is 4.98 Å². The number of piperazine rings is 1. The highest BCUT2D eigenvalue weighted by Gasteiger charge is 2.31. The first kappa shape index (κ1) is 21.9. The van der Waals surface area contributed by atoms with E-state index >= 15 is 0 Å². The maximum Gasteiger partial charge on any atom is 0.417 e. The van der Waals surface area contributed by atoms with Gasteiger partial charge in [-0.25, -0.2) is 9.97 Å². The van der Waals surface area contributed by atoms with Gasteiger partial charge in [-0.3, -0.25) is 4.79 Å². The number of amides is 1. The highest BCUT2D eigenvalue weighted by molar-refractivity contribution is 6.07. The molecule has 0 spiro atoms. The van der Waals surface area contributed by atoms with Gasteiger partial charge in [0.25, 0.3) is 5.91 Å². The molecule has 8 heteroatoms. The fourth-order valence-corrected chi connectivity index (χ4v) is 4.16. The van der Waals surface area contributed by atoms with Crippen molar-refractivity contribution in [2.45, 2.75) is 6.18 Å². The Balaban J connectivity index is 1.37. The number of anilines is 1. The van der Waals surface area contributed by atoms with E-state index in [0.29, 0.717) is 37.6 Å². The average molecular weight is 462 g/mol. The molecular formula is C26H21F3N4O. The van der Waals surface area contributed by atoms with Gasteiger partial charge >= 0.3 is 6.18 Å². The number of carbonyl (C=O) groups excluding carboxylic acids is 1. The summed E-state index contributed by atoms with van der Waals surface area (Å²) >= 11 is 0. The molecular weight excluding hydrogens is 441 g/mol. The van der Waals surface area contributed by atoms with Gasteiger partial charge in [-0.15, -0.1) is 0 Å². The standard InChI is InChI=1S/C26H21F3N4O/c27-26(28,29)19-10-11-24(30-17-19)32-12-14-33(15-13-32)25(34)21-16-23(18-6-2-1-3-7-18)31-22-9-5-4-8-20(21)22/h1-11,16-17H,12-15H2. The first-order chi connectivity index (χ1) is 16.4. The van der Waals surface area contributed by atoms with Gasteiger partial charge in [-0.1, -0.05) is 48.5 Å². The summed E-state index contributed by atoms with van der Waals surface area (Å²) in [6, 6.07) is 21.5. The van der Waals surface area contributed by atoms with Gasteiger partial charge in [0.2, 0.25) is 0 Å². The number of benzene rings is 2. The second-order valence-electron chi connectivity index (χ2n) is 8.12. The molecule has 1 saturated heterocycles. The van der Waals surface area contributed by atoms with Crippen molar-refractivity contribution in [3.05, 3.63) is 90.1 Å². The fourth-order valence-electron chi connectivity index (χ4n) is 4.16. The number of hydrogen-bond donors (Lipinski definition) is 0.